The summed E-state index contributed by atoms with van der Waals surface area (Å²) in [6, 6.07) is 7.20. The number of allylic oxidation sites excluding steroid dienone is 1. The van der Waals surface area contributed by atoms with Gasteiger partial charge in [0.2, 0.25) is 0 Å². The van der Waals surface area contributed by atoms with Crippen molar-refractivity contribution in [2.45, 2.75) is 6.92 Å². The van der Waals surface area contributed by atoms with E-state index in [4.69, 9.17) is 4.74 Å². The van der Waals surface area contributed by atoms with Gasteiger partial charge in [-0.2, -0.15) is 5.26 Å². The molecule has 0 aromatic carbocycles. The quantitative estimate of drug-likeness (QED) is 0.299. The topological polar surface area (TPSA) is 162 Å². The van der Waals surface area contributed by atoms with Crippen molar-refractivity contribution < 1.29 is 43.2 Å². The van der Waals surface area contributed by atoms with Gasteiger partial charge in [0.15, 0.2) is 0 Å². The Morgan fingerprint density at radius 3 is 1.78 bits per heavy atom. The average Bonchev–Trinajstić information content (AvgIpc) is 3.12. The van der Waals surface area contributed by atoms with Crippen LogP contribution in [0.5, 0.6) is 0 Å². The molecule has 1 aliphatic carbocycles. The fourth-order valence-corrected chi connectivity index (χ4v) is 2.49. The summed E-state index contributed by atoms with van der Waals surface area (Å²) in [6.45, 7) is 1.37. The van der Waals surface area contributed by atoms with Gasteiger partial charge in [0, 0.05) is 12.4 Å². The van der Waals surface area contributed by atoms with Gasteiger partial charge in [0.1, 0.15) is 23.0 Å². The molecule has 168 valence electrons. The van der Waals surface area contributed by atoms with Gasteiger partial charge < -0.3 is 24.1 Å². The number of nitrogens with zero attached hydrogens (tertiary/aromatic N) is 2. The van der Waals surface area contributed by atoms with Gasteiger partial charge in [-0.15, -0.1) is 0 Å². The van der Waals surface area contributed by atoms with E-state index in [1.54, 1.807) is 12.4 Å². The van der Waals surface area contributed by atoms with Crippen LogP contribution in [0.2, 0.25) is 0 Å². The first kappa shape index (κ1) is 25.6. The van der Waals surface area contributed by atoms with E-state index in [1.165, 1.54) is 13.0 Å². The van der Waals surface area contributed by atoms with Crippen LogP contribution in [0.3, 0.4) is 0 Å². The first-order chi connectivity index (χ1) is 15.3. The van der Waals surface area contributed by atoms with E-state index in [2.05, 4.69) is 19.2 Å². The second-order valence-corrected chi connectivity index (χ2v) is 5.56. The molecule has 0 unspecified atom stereocenters. The van der Waals surface area contributed by atoms with Crippen molar-refractivity contribution in [1.82, 2.24) is 4.98 Å². The third-order valence-electron chi connectivity index (χ3n) is 3.80. The van der Waals surface area contributed by atoms with E-state index < -0.39 is 57.5 Å². The van der Waals surface area contributed by atoms with Gasteiger partial charge in [-0.05, 0) is 19.1 Å². The number of carbonyl (C=O) groups excluding carboxylic acids is 4. The number of aromatic nitrogens is 1. The van der Waals surface area contributed by atoms with Gasteiger partial charge in [0.05, 0.1) is 44.7 Å². The summed E-state index contributed by atoms with van der Waals surface area (Å²) in [5.41, 5.74) is -3.62. The molecule has 0 radical (unpaired) electrons. The summed E-state index contributed by atoms with van der Waals surface area (Å²) in [5, 5.41) is 19.7. The van der Waals surface area contributed by atoms with Gasteiger partial charge in [-0.1, -0.05) is 6.07 Å². The largest absolute Gasteiger partial charge is 0.506 e. The highest BCUT2D eigenvalue weighted by Crippen LogP contribution is 2.39. The molecular formula is C21H20N2O9. The number of aliphatic hydroxyl groups is 1. The smallest absolute Gasteiger partial charge is 0.349 e. The average molecular weight is 444 g/mol. The van der Waals surface area contributed by atoms with E-state index >= 15 is 0 Å². The molecule has 11 heteroatoms. The maximum Gasteiger partial charge on any atom is 0.349 e. The van der Waals surface area contributed by atoms with Crippen molar-refractivity contribution in [3.05, 3.63) is 64.2 Å². The van der Waals surface area contributed by atoms with E-state index in [-0.39, 0.29) is 6.61 Å². The third kappa shape index (κ3) is 5.57. The number of rotatable bonds is 5. The van der Waals surface area contributed by atoms with Crippen LogP contribution in [0.1, 0.15) is 6.92 Å². The molecular weight excluding hydrogens is 424 g/mol. The molecule has 0 fully saturated rings. The van der Waals surface area contributed by atoms with Crippen LogP contribution in [0.15, 0.2) is 64.2 Å². The fourth-order valence-electron chi connectivity index (χ4n) is 2.49. The van der Waals surface area contributed by atoms with E-state index in [0.717, 1.165) is 21.3 Å². The number of aliphatic hydroxyl groups excluding tert-OH is 1. The molecule has 0 atom stereocenters. The van der Waals surface area contributed by atoms with Gasteiger partial charge >= 0.3 is 23.9 Å². The van der Waals surface area contributed by atoms with Crippen molar-refractivity contribution in [1.29, 1.82) is 5.26 Å². The summed E-state index contributed by atoms with van der Waals surface area (Å²) in [5.74, 6) is -5.73. The van der Waals surface area contributed by atoms with Crippen molar-refractivity contribution in [2.75, 3.05) is 27.9 Å². The lowest BCUT2D eigenvalue weighted by Gasteiger charge is -2.09. The predicted molar refractivity (Wildman–Crippen MR) is 106 cm³/mol. The summed E-state index contributed by atoms with van der Waals surface area (Å²) in [4.78, 5) is 52.1. The molecule has 0 saturated heterocycles. The Kier molecular flexibility index (Phi) is 9.82. The fraction of sp³-hybridized carbons (Fsp3) is 0.238. The lowest BCUT2D eigenvalue weighted by molar-refractivity contribution is -0.140. The predicted octanol–water partition coefficient (Wildman–Crippen LogP) is 1.09. The maximum atomic E-state index is 12.2. The van der Waals surface area contributed by atoms with Crippen LogP contribution in [0.25, 0.3) is 0 Å². The first-order valence-corrected chi connectivity index (χ1v) is 8.90. The van der Waals surface area contributed by atoms with Crippen LogP contribution in [-0.2, 0) is 38.1 Å². The van der Waals surface area contributed by atoms with Crippen molar-refractivity contribution in [3.8, 4) is 6.07 Å². The van der Waals surface area contributed by atoms with Crippen LogP contribution < -0.4 is 0 Å². The van der Waals surface area contributed by atoms with Crippen LogP contribution in [-0.4, -0.2) is 61.9 Å². The lowest BCUT2D eigenvalue weighted by Crippen LogP contribution is -2.18. The van der Waals surface area contributed by atoms with Crippen LogP contribution in [0.4, 0.5) is 0 Å². The molecule has 2 rings (SSSR count). The normalized spacial score (nSPS) is 13.8. The molecule has 1 heterocycles. The summed E-state index contributed by atoms with van der Waals surface area (Å²) in [6.07, 6.45) is 3.50. The number of nitriles is 1. The second kappa shape index (κ2) is 12.3. The molecule has 0 spiro atoms. The van der Waals surface area contributed by atoms with Crippen molar-refractivity contribution in [3.63, 3.8) is 0 Å². The molecule has 0 saturated carbocycles. The minimum atomic E-state index is -1.19. The van der Waals surface area contributed by atoms with Crippen LogP contribution in [0, 0.1) is 11.3 Å². The highest BCUT2D eigenvalue weighted by Gasteiger charge is 2.44. The van der Waals surface area contributed by atoms with E-state index in [0.29, 0.717) is 0 Å². The Morgan fingerprint density at radius 1 is 0.906 bits per heavy atom. The van der Waals surface area contributed by atoms with Crippen molar-refractivity contribution >= 4 is 23.9 Å². The molecule has 11 nitrogen and oxygen atoms in total. The molecule has 0 amide bonds. The number of hydrogen-bond donors (Lipinski definition) is 1. The minimum Gasteiger partial charge on any atom is -0.506 e. The zero-order valence-corrected chi connectivity index (χ0v) is 17.7. The Hall–Kier alpha value is -4.46. The summed E-state index contributed by atoms with van der Waals surface area (Å²) >= 11 is 0. The number of hydrogen-bond acceptors (Lipinski definition) is 11. The molecule has 1 aromatic heterocycles. The minimum absolute atomic E-state index is 0.104. The third-order valence-corrected chi connectivity index (χ3v) is 3.80. The zero-order chi connectivity index (χ0) is 24.3. The number of methoxy groups -OCH3 is 3. The van der Waals surface area contributed by atoms with Gasteiger partial charge in [-0.25, -0.2) is 19.2 Å². The Balaban J connectivity index is 0.000000730. The van der Waals surface area contributed by atoms with Gasteiger partial charge in [-0.3, -0.25) is 4.98 Å². The SMILES string of the molecule is CCOC(=O)/C(C#N)=C1\C(O)=C(C(=O)OC)C(C(=O)OC)=C1C(=O)OC.c1ccncc1. The summed E-state index contributed by atoms with van der Waals surface area (Å²) in [7, 11) is 2.90. The molecule has 32 heavy (non-hydrogen) atoms. The van der Waals surface area contributed by atoms with Crippen LogP contribution >= 0.6 is 0 Å². The molecule has 1 aliphatic rings. The standard InChI is InChI=1S/C16H15NO9.C5H5N/c1-5-26-13(19)7(6-17)8-9(14(20)23-2)10(15(21)24-3)11(12(8)18)16(22)25-4;1-2-4-6-5-3-1/h18H,5H2,1-4H3;1-5H/b8-7-;. The maximum absolute atomic E-state index is 12.2. The van der Waals surface area contributed by atoms with E-state index in [1.807, 2.05) is 18.2 Å². The monoisotopic (exact) mass is 444 g/mol. The zero-order valence-electron chi connectivity index (χ0n) is 17.7. The first-order valence-electron chi connectivity index (χ1n) is 8.90. The van der Waals surface area contributed by atoms with Gasteiger partial charge in [0.25, 0.3) is 0 Å². The highest BCUT2D eigenvalue weighted by atomic mass is 16.5. The number of carbonyl (C=O) groups is 4. The number of ether oxygens (including phenoxy) is 4. The molecule has 0 aliphatic heterocycles. The Bertz CT molecular complexity index is 1000. The van der Waals surface area contributed by atoms with Crippen molar-refractivity contribution in [2.24, 2.45) is 0 Å². The molecule has 0 bridgehead atoms. The van der Waals surface area contributed by atoms with E-state index in [9.17, 15) is 29.5 Å². The lowest BCUT2D eigenvalue weighted by atomic mass is 10.00. The number of esters is 4. The summed E-state index contributed by atoms with van der Waals surface area (Å²) < 4.78 is 18.3. The second-order valence-electron chi connectivity index (χ2n) is 5.56. The Morgan fingerprint density at radius 2 is 1.41 bits per heavy atom. The molecule has 1 aromatic rings. The Labute approximate surface area is 183 Å². The highest BCUT2D eigenvalue weighted by molar-refractivity contribution is 6.18. The number of pyridine rings is 1. The molecule has 1 N–H and O–H groups in total.